The van der Waals surface area contributed by atoms with E-state index in [1.165, 1.54) is 11.6 Å². The molecule has 0 saturated carbocycles. The summed E-state index contributed by atoms with van der Waals surface area (Å²) in [7, 11) is 1.86. The van der Waals surface area contributed by atoms with E-state index >= 15 is 0 Å². The van der Waals surface area contributed by atoms with E-state index < -0.39 is 17.4 Å². The van der Waals surface area contributed by atoms with Crippen molar-refractivity contribution in [2.24, 2.45) is 23.7 Å². The standard InChI is InChI=1S/C28H34F3N5/c1-17-9-11-20(12-10-17)19(3)35-27(4)16-22(13-14-33-27)25-24(34-26(18(2)32)36(25)5)21-7-6-8-23(15-21)28(29,30)31/h6-9,11-15,17-19,35H,10,16,32H2,1-5H3/t17?,18-,19+,27?/m1/s1. The highest BCUT2D eigenvalue weighted by molar-refractivity contribution is 5.90. The van der Waals surface area contributed by atoms with Crippen molar-refractivity contribution in [2.75, 3.05) is 0 Å². The maximum Gasteiger partial charge on any atom is 0.416 e. The average Bonchev–Trinajstić information content (AvgIpc) is 3.16. The van der Waals surface area contributed by atoms with Crippen LogP contribution in [0.4, 0.5) is 13.2 Å². The van der Waals surface area contributed by atoms with E-state index in [1.54, 1.807) is 12.3 Å². The summed E-state index contributed by atoms with van der Waals surface area (Å²) in [5.74, 6) is 1.15. The van der Waals surface area contributed by atoms with Gasteiger partial charge in [-0.1, -0.05) is 37.3 Å². The molecule has 4 atom stereocenters. The molecular formula is C28H34F3N5. The molecule has 1 aliphatic heterocycles. The smallest absolute Gasteiger partial charge is 0.330 e. The van der Waals surface area contributed by atoms with Gasteiger partial charge < -0.3 is 10.3 Å². The van der Waals surface area contributed by atoms with Crippen molar-refractivity contribution in [1.82, 2.24) is 14.9 Å². The summed E-state index contributed by atoms with van der Waals surface area (Å²) in [6.07, 6.45) is 7.44. The number of dihydropyridines is 1. The number of hydrogen-bond acceptors (Lipinski definition) is 4. The minimum atomic E-state index is -4.44. The molecule has 3 N–H and O–H groups in total. The number of halogens is 3. The monoisotopic (exact) mass is 497 g/mol. The van der Waals surface area contributed by atoms with Crippen LogP contribution in [0.3, 0.4) is 0 Å². The normalized spacial score (nSPS) is 23.9. The zero-order chi connectivity index (χ0) is 26.3. The van der Waals surface area contributed by atoms with E-state index in [-0.39, 0.29) is 12.1 Å². The topological polar surface area (TPSA) is 68.2 Å². The van der Waals surface area contributed by atoms with Crippen molar-refractivity contribution in [3.05, 3.63) is 71.2 Å². The van der Waals surface area contributed by atoms with E-state index in [9.17, 15) is 13.2 Å². The predicted octanol–water partition coefficient (Wildman–Crippen LogP) is 6.20. The van der Waals surface area contributed by atoms with Gasteiger partial charge in [-0.15, -0.1) is 0 Å². The second kappa shape index (κ2) is 9.82. The number of nitrogens with two attached hydrogens (primary N) is 1. The van der Waals surface area contributed by atoms with Crippen LogP contribution in [0.15, 0.2) is 59.1 Å². The van der Waals surface area contributed by atoms with Crippen molar-refractivity contribution in [3.63, 3.8) is 0 Å². The summed E-state index contributed by atoms with van der Waals surface area (Å²) in [4.78, 5) is 9.45. The van der Waals surface area contributed by atoms with Crippen LogP contribution in [0.2, 0.25) is 0 Å². The van der Waals surface area contributed by atoms with Crippen molar-refractivity contribution in [3.8, 4) is 11.3 Å². The van der Waals surface area contributed by atoms with Gasteiger partial charge in [-0.2, -0.15) is 13.2 Å². The van der Waals surface area contributed by atoms with Gasteiger partial charge in [0.05, 0.1) is 23.0 Å². The average molecular weight is 498 g/mol. The molecule has 2 heterocycles. The molecule has 1 aromatic heterocycles. The van der Waals surface area contributed by atoms with Gasteiger partial charge in [0.15, 0.2) is 0 Å². The number of imidazole rings is 1. The second-order valence-electron chi connectivity index (χ2n) is 10.2. The Kier molecular flexibility index (Phi) is 7.12. The van der Waals surface area contributed by atoms with Crippen molar-refractivity contribution < 1.29 is 13.2 Å². The van der Waals surface area contributed by atoms with Crippen molar-refractivity contribution in [1.29, 1.82) is 0 Å². The Morgan fingerprint density at radius 2 is 2.00 bits per heavy atom. The number of nitrogens with zero attached hydrogens (tertiary/aromatic N) is 3. The quantitative estimate of drug-likeness (QED) is 0.499. The lowest BCUT2D eigenvalue weighted by atomic mass is 9.91. The van der Waals surface area contributed by atoms with Crippen LogP contribution in [0.1, 0.15) is 63.7 Å². The van der Waals surface area contributed by atoms with Gasteiger partial charge in [-0.25, -0.2) is 4.98 Å². The van der Waals surface area contributed by atoms with Crippen LogP contribution >= 0.6 is 0 Å². The fourth-order valence-electron chi connectivity index (χ4n) is 4.97. The van der Waals surface area contributed by atoms with Crippen LogP contribution in [-0.2, 0) is 13.2 Å². The Balaban J connectivity index is 1.69. The number of benzene rings is 1. The van der Waals surface area contributed by atoms with Crippen LogP contribution < -0.4 is 11.1 Å². The molecule has 2 aromatic rings. The Morgan fingerprint density at radius 1 is 1.25 bits per heavy atom. The summed E-state index contributed by atoms with van der Waals surface area (Å²) >= 11 is 0. The number of aromatic nitrogens is 2. The molecule has 4 rings (SSSR count). The number of rotatable bonds is 6. The molecule has 0 bridgehead atoms. The summed E-state index contributed by atoms with van der Waals surface area (Å²) in [5.41, 5.74) is 8.68. The molecule has 0 amide bonds. The number of nitrogens with one attached hydrogen (secondary N) is 1. The van der Waals surface area contributed by atoms with Crippen molar-refractivity contribution >= 4 is 11.8 Å². The third-order valence-electron chi connectivity index (χ3n) is 6.84. The lowest BCUT2D eigenvalue weighted by Gasteiger charge is -2.34. The zero-order valence-electron chi connectivity index (χ0n) is 21.4. The summed E-state index contributed by atoms with van der Waals surface area (Å²) in [6, 6.07) is 5.00. The third kappa shape index (κ3) is 5.39. The van der Waals surface area contributed by atoms with Gasteiger partial charge >= 0.3 is 6.18 Å². The Labute approximate surface area is 210 Å². The molecule has 5 nitrogen and oxygen atoms in total. The third-order valence-corrected chi connectivity index (χ3v) is 6.84. The largest absolute Gasteiger partial charge is 0.416 e. The molecule has 2 unspecified atom stereocenters. The van der Waals surface area contributed by atoms with Crippen LogP contribution in [0.25, 0.3) is 16.8 Å². The zero-order valence-corrected chi connectivity index (χ0v) is 21.4. The highest BCUT2D eigenvalue weighted by atomic mass is 19.4. The molecule has 2 aliphatic rings. The Hall–Kier alpha value is -2.97. The van der Waals surface area contributed by atoms with Gasteiger partial charge in [0.1, 0.15) is 11.5 Å². The minimum absolute atomic E-state index is 0.0874. The minimum Gasteiger partial charge on any atom is -0.330 e. The number of alkyl halides is 3. The maximum atomic E-state index is 13.5. The van der Waals surface area contributed by atoms with Gasteiger partial charge in [-0.05, 0) is 62.5 Å². The fraction of sp³-hybridized carbons (Fsp3) is 0.429. The number of aliphatic imine (C=N–C) groups is 1. The molecule has 8 heteroatoms. The molecule has 0 radical (unpaired) electrons. The highest BCUT2D eigenvalue weighted by Crippen LogP contribution is 2.38. The van der Waals surface area contributed by atoms with E-state index in [0.717, 1.165) is 29.8 Å². The summed E-state index contributed by atoms with van der Waals surface area (Å²) < 4.78 is 42.3. The van der Waals surface area contributed by atoms with E-state index in [0.29, 0.717) is 29.4 Å². The molecule has 1 aromatic carbocycles. The van der Waals surface area contributed by atoms with Gasteiger partial charge in [-0.3, -0.25) is 10.3 Å². The van der Waals surface area contributed by atoms with Gasteiger partial charge in [0, 0.05) is 31.3 Å². The second-order valence-corrected chi connectivity index (χ2v) is 10.2. The predicted molar refractivity (Wildman–Crippen MR) is 139 cm³/mol. The fourth-order valence-corrected chi connectivity index (χ4v) is 4.97. The van der Waals surface area contributed by atoms with E-state index in [2.05, 4.69) is 37.4 Å². The molecule has 36 heavy (non-hydrogen) atoms. The first-order chi connectivity index (χ1) is 16.9. The first-order valence-electron chi connectivity index (χ1n) is 12.3. The Bertz CT molecular complexity index is 1250. The molecular weight excluding hydrogens is 463 g/mol. The SMILES string of the molecule is CC1C=CC([C@H](C)NC2(C)CC(c3c(-c4cccc(C(F)(F)F)c4)nc([C@@H](C)N)n3C)=CC=N2)=CC1. The van der Waals surface area contributed by atoms with Crippen LogP contribution in [0.5, 0.6) is 0 Å². The highest BCUT2D eigenvalue weighted by Gasteiger charge is 2.34. The summed E-state index contributed by atoms with van der Waals surface area (Å²) in [6.45, 7) is 8.17. The summed E-state index contributed by atoms with van der Waals surface area (Å²) in [5, 5.41) is 3.66. The maximum absolute atomic E-state index is 13.5. The van der Waals surface area contributed by atoms with Gasteiger partial charge in [0.25, 0.3) is 0 Å². The van der Waals surface area contributed by atoms with Crippen LogP contribution in [-0.4, -0.2) is 27.5 Å². The van der Waals surface area contributed by atoms with Crippen LogP contribution in [0, 0.1) is 5.92 Å². The first-order valence-corrected chi connectivity index (χ1v) is 12.3. The molecule has 0 saturated heterocycles. The number of allylic oxidation sites excluding steroid dienone is 3. The lowest BCUT2D eigenvalue weighted by Crippen LogP contribution is -2.47. The van der Waals surface area contributed by atoms with E-state index in [1.807, 2.05) is 31.5 Å². The number of hydrogen-bond donors (Lipinski definition) is 2. The molecule has 192 valence electrons. The van der Waals surface area contributed by atoms with Crippen molar-refractivity contribution in [2.45, 2.75) is 64.5 Å². The molecule has 0 fully saturated rings. The van der Waals surface area contributed by atoms with Gasteiger partial charge in [0.2, 0.25) is 0 Å². The molecule has 1 aliphatic carbocycles. The Morgan fingerprint density at radius 3 is 2.64 bits per heavy atom. The first kappa shape index (κ1) is 26.1. The van der Waals surface area contributed by atoms with E-state index in [4.69, 9.17) is 15.7 Å². The molecule has 0 spiro atoms. The lowest BCUT2D eigenvalue weighted by molar-refractivity contribution is -0.137.